The molecule has 2 aromatic rings. The molecule has 0 saturated carbocycles. The Morgan fingerprint density at radius 3 is 2.55 bits per heavy atom. The quantitative estimate of drug-likeness (QED) is 0.813. The maximum atomic E-state index is 9.24. The normalized spacial score (nSPS) is 18.7. The molecular weight excluding hydrogens is 244 g/mol. The molecule has 1 heterocycles. The zero-order valence-electron chi connectivity index (χ0n) is 12.1. The first-order valence-corrected chi connectivity index (χ1v) is 7.37. The first kappa shape index (κ1) is 13.0. The van der Waals surface area contributed by atoms with Crippen LogP contribution in [-0.4, -0.2) is 13.1 Å². The van der Waals surface area contributed by atoms with E-state index in [0.717, 1.165) is 35.9 Å². The summed E-state index contributed by atoms with van der Waals surface area (Å²) in [4.78, 5) is 2.48. The number of anilines is 1. The molecule has 2 heteroatoms. The van der Waals surface area contributed by atoms with Gasteiger partial charge in [0.05, 0.1) is 11.6 Å². The van der Waals surface area contributed by atoms with Gasteiger partial charge in [0.1, 0.15) is 0 Å². The van der Waals surface area contributed by atoms with Crippen molar-refractivity contribution in [3.8, 4) is 6.07 Å². The van der Waals surface area contributed by atoms with Gasteiger partial charge in [-0.1, -0.05) is 38.1 Å². The minimum absolute atomic E-state index is 0.740. The van der Waals surface area contributed by atoms with Crippen molar-refractivity contribution in [1.82, 2.24) is 0 Å². The third-order valence-corrected chi connectivity index (χ3v) is 4.53. The van der Waals surface area contributed by atoms with E-state index >= 15 is 0 Å². The summed E-state index contributed by atoms with van der Waals surface area (Å²) >= 11 is 0. The third-order valence-electron chi connectivity index (χ3n) is 4.53. The average molecular weight is 264 g/mol. The highest BCUT2D eigenvalue weighted by molar-refractivity contribution is 5.97. The van der Waals surface area contributed by atoms with Crippen molar-refractivity contribution in [1.29, 1.82) is 5.26 Å². The van der Waals surface area contributed by atoms with E-state index in [0.29, 0.717) is 0 Å². The molecule has 0 aromatic heterocycles. The van der Waals surface area contributed by atoms with Crippen molar-refractivity contribution in [2.24, 2.45) is 11.8 Å². The Bertz CT molecular complexity index is 667. The highest BCUT2D eigenvalue weighted by Crippen LogP contribution is 2.34. The second-order valence-electron chi connectivity index (χ2n) is 6.03. The van der Waals surface area contributed by atoms with Gasteiger partial charge in [-0.2, -0.15) is 5.26 Å². The third kappa shape index (κ3) is 2.14. The lowest BCUT2D eigenvalue weighted by molar-refractivity contribution is 0.423. The lowest BCUT2D eigenvalue weighted by Crippen LogP contribution is -2.21. The highest BCUT2D eigenvalue weighted by atomic mass is 15.2. The summed E-state index contributed by atoms with van der Waals surface area (Å²) in [6.07, 6.45) is 1.27. The zero-order valence-corrected chi connectivity index (χ0v) is 12.1. The minimum atomic E-state index is 0.740. The summed E-state index contributed by atoms with van der Waals surface area (Å²) in [6, 6.07) is 14.6. The topological polar surface area (TPSA) is 27.0 Å². The molecule has 3 rings (SSSR count). The fourth-order valence-electron chi connectivity index (χ4n) is 3.21. The van der Waals surface area contributed by atoms with Crippen LogP contribution in [0.2, 0.25) is 0 Å². The summed E-state index contributed by atoms with van der Waals surface area (Å²) < 4.78 is 0. The maximum Gasteiger partial charge on any atom is 0.0998 e. The molecule has 0 spiro atoms. The number of fused-ring (bicyclic) bond motifs is 1. The Morgan fingerprint density at radius 1 is 1.15 bits per heavy atom. The van der Waals surface area contributed by atoms with Crippen LogP contribution in [0.3, 0.4) is 0 Å². The number of rotatable bonds is 2. The van der Waals surface area contributed by atoms with Crippen LogP contribution >= 0.6 is 0 Å². The fourth-order valence-corrected chi connectivity index (χ4v) is 3.21. The van der Waals surface area contributed by atoms with Crippen molar-refractivity contribution in [3.63, 3.8) is 0 Å². The van der Waals surface area contributed by atoms with E-state index in [1.807, 2.05) is 18.2 Å². The average Bonchev–Trinajstić information content (AvgIpc) is 2.96. The first-order chi connectivity index (χ1) is 9.70. The van der Waals surface area contributed by atoms with Crippen LogP contribution in [-0.2, 0) is 0 Å². The van der Waals surface area contributed by atoms with Crippen LogP contribution in [0.15, 0.2) is 36.4 Å². The van der Waals surface area contributed by atoms with E-state index in [1.165, 1.54) is 17.5 Å². The number of nitriles is 1. The largest absolute Gasteiger partial charge is 0.371 e. The zero-order chi connectivity index (χ0) is 14.1. The minimum Gasteiger partial charge on any atom is -0.371 e. The van der Waals surface area contributed by atoms with Gasteiger partial charge in [-0.25, -0.2) is 0 Å². The van der Waals surface area contributed by atoms with Crippen molar-refractivity contribution in [3.05, 3.63) is 42.0 Å². The molecule has 1 saturated heterocycles. The van der Waals surface area contributed by atoms with Gasteiger partial charge in [-0.05, 0) is 30.4 Å². The molecule has 102 valence electrons. The Hall–Kier alpha value is -2.01. The van der Waals surface area contributed by atoms with E-state index in [4.69, 9.17) is 0 Å². The monoisotopic (exact) mass is 264 g/mol. The summed E-state index contributed by atoms with van der Waals surface area (Å²) in [5, 5.41) is 11.5. The molecule has 0 N–H and O–H groups in total. The molecule has 2 aromatic carbocycles. The van der Waals surface area contributed by atoms with E-state index in [-0.39, 0.29) is 0 Å². The van der Waals surface area contributed by atoms with E-state index < -0.39 is 0 Å². The van der Waals surface area contributed by atoms with Crippen LogP contribution in [0, 0.1) is 23.2 Å². The molecule has 1 atom stereocenters. The van der Waals surface area contributed by atoms with Gasteiger partial charge in [-0.15, -0.1) is 0 Å². The van der Waals surface area contributed by atoms with Crippen molar-refractivity contribution < 1.29 is 0 Å². The Kier molecular flexibility index (Phi) is 3.36. The van der Waals surface area contributed by atoms with Crippen LogP contribution in [0.4, 0.5) is 5.69 Å². The first-order valence-electron chi connectivity index (χ1n) is 7.37. The lowest BCUT2D eigenvalue weighted by atomic mass is 9.95. The summed E-state index contributed by atoms with van der Waals surface area (Å²) in [6.45, 7) is 6.88. The van der Waals surface area contributed by atoms with Crippen LogP contribution < -0.4 is 4.90 Å². The van der Waals surface area contributed by atoms with Crippen LogP contribution in [0.5, 0.6) is 0 Å². The van der Waals surface area contributed by atoms with Crippen molar-refractivity contribution in [2.45, 2.75) is 20.3 Å². The highest BCUT2D eigenvalue weighted by Gasteiger charge is 2.26. The van der Waals surface area contributed by atoms with Gasteiger partial charge in [0.15, 0.2) is 0 Å². The van der Waals surface area contributed by atoms with E-state index in [2.05, 4.69) is 43.0 Å². The summed E-state index contributed by atoms with van der Waals surface area (Å²) in [5.41, 5.74) is 2.05. The molecule has 2 nitrogen and oxygen atoms in total. The molecule has 0 radical (unpaired) electrons. The number of nitrogens with zero attached hydrogens (tertiary/aromatic N) is 2. The fraction of sp³-hybridized carbons (Fsp3) is 0.389. The Morgan fingerprint density at radius 2 is 1.90 bits per heavy atom. The molecule has 1 aliphatic heterocycles. The van der Waals surface area contributed by atoms with Gasteiger partial charge in [0, 0.05) is 29.5 Å². The van der Waals surface area contributed by atoms with Gasteiger partial charge in [0.25, 0.3) is 0 Å². The van der Waals surface area contributed by atoms with Crippen LogP contribution in [0.25, 0.3) is 10.8 Å². The predicted octanol–water partition coefficient (Wildman–Crippen LogP) is 4.19. The molecule has 1 aliphatic rings. The van der Waals surface area contributed by atoms with Gasteiger partial charge < -0.3 is 4.90 Å². The SMILES string of the molecule is CC(C)C1CCN(c2ccc(C#N)c3ccccc23)C1. The Labute approximate surface area is 120 Å². The standard InChI is InChI=1S/C18H20N2/c1-13(2)15-9-10-20(12-15)18-8-7-14(11-19)16-5-3-4-6-17(16)18/h3-8,13,15H,9-10,12H2,1-2H3. The van der Waals surface area contributed by atoms with E-state index in [9.17, 15) is 5.26 Å². The Balaban J connectivity index is 2.04. The second kappa shape index (κ2) is 5.17. The number of hydrogen-bond acceptors (Lipinski definition) is 2. The molecule has 20 heavy (non-hydrogen) atoms. The van der Waals surface area contributed by atoms with Crippen LogP contribution in [0.1, 0.15) is 25.8 Å². The summed E-state index contributed by atoms with van der Waals surface area (Å²) in [7, 11) is 0. The summed E-state index contributed by atoms with van der Waals surface area (Å²) in [5.74, 6) is 1.52. The molecule has 0 aliphatic carbocycles. The van der Waals surface area contributed by atoms with Gasteiger partial charge in [0.2, 0.25) is 0 Å². The van der Waals surface area contributed by atoms with E-state index in [1.54, 1.807) is 0 Å². The second-order valence-corrected chi connectivity index (χ2v) is 6.03. The molecule has 0 bridgehead atoms. The van der Waals surface area contributed by atoms with Gasteiger partial charge >= 0.3 is 0 Å². The molecule has 0 amide bonds. The molecule has 1 unspecified atom stereocenters. The van der Waals surface area contributed by atoms with Crippen molar-refractivity contribution in [2.75, 3.05) is 18.0 Å². The number of benzene rings is 2. The van der Waals surface area contributed by atoms with Crippen molar-refractivity contribution >= 4 is 16.5 Å². The molecule has 1 fully saturated rings. The van der Waals surface area contributed by atoms with Gasteiger partial charge in [-0.3, -0.25) is 0 Å². The lowest BCUT2D eigenvalue weighted by Gasteiger charge is -2.22. The smallest absolute Gasteiger partial charge is 0.0998 e. The number of hydrogen-bond donors (Lipinski definition) is 0. The molecular formula is C18H20N2. The maximum absolute atomic E-state index is 9.24. The predicted molar refractivity (Wildman–Crippen MR) is 83.8 cm³/mol.